The number of nitrogens with one attached hydrogen (secondary N) is 1. The second-order valence-corrected chi connectivity index (χ2v) is 6.10. The first kappa shape index (κ1) is 19.2. The lowest BCUT2D eigenvalue weighted by Gasteiger charge is -2.10. The molecule has 3 aromatic carbocycles. The first-order chi connectivity index (χ1) is 13.7. The maximum Gasteiger partial charge on any atom is 0.271 e. The van der Waals surface area contributed by atoms with Gasteiger partial charge in [-0.1, -0.05) is 60.7 Å². The minimum Gasteiger partial charge on any atom is -0.493 e. The topological polar surface area (TPSA) is 59.9 Å². The number of carbonyl (C=O) groups is 1. The van der Waals surface area contributed by atoms with Crippen molar-refractivity contribution in [3.63, 3.8) is 0 Å². The van der Waals surface area contributed by atoms with Crippen molar-refractivity contribution in [2.75, 3.05) is 14.2 Å². The van der Waals surface area contributed by atoms with Gasteiger partial charge in [0.25, 0.3) is 5.91 Å². The molecule has 0 spiro atoms. The van der Waals surface area contributed by atoms with Gasteiger partial charge in [0.1, 0.15) is 0 Å². The summed E-state index contributed by atoms with van der Waals surface area (Å²) < 4.78 is 10.5. The first-order valence-corrected chi connectivity index (χ1v) is 8.89. The fourth-order valence-electron chi connectivity index (χ4n) is 2.79. The maximum atomic E-state index is 12.6. The van der Waals surface area contributed by atoms with Crippen molar-refractivity contribution in [3.05, 3.63) is 95.6 Å². The third-order valence-electron chi connectivity index (χ3n) is 4.26. The summed E-state index contributed by atoms with van der Waals surface area (Å²) in [6, 6.07) is 24.8. The molecule has 3 aromatic rings. The lowest BCUT2D eigenvalue weighted by Crippen LogP contribution is -2.21. The summed E-state index contributed by atoms with van der Waals surface area (Å²) in [5.41, 5.74) is 5.95. The smallest absolute Gasteiger partial charge is 0.271 e. The van der Waals surface area contributed by atoms with Crippen LogP contribution in [0.25, 0.3) is 0 Å². The average Bonchev–Trinajstić information content (AvgIpc) is 2.77. The highest BCUT2D eigenvalue weighted by atomic mass is 16.5. The Morgan fingerprint density at radius 1 is 0.821 bits per heavy atom. The minimum absolute atomic E-state index is 0.317. The van der Waals surface area contributed by atoms with Gasteiger partial charge in [0.15, 0.2) is 11.5 Å². The van der Waals surface area contributed by atoms with E-state index < -0.39 is 0 Å². The van der Waals surface area contributed by atoms with Crippen molar-refractivity contribution < 1.29 is 14.3 Å². The summed E-state index contributed by atoms with van der Waals surface area (Å²) in [7, 11) is 3.09. The zero-order valence-electron chi connectivity index (χ0n) is 15.9. The van der Waals surface area contributed by atoms with Crippen LogP contribution >= 0.6 is 0 Å². The Hall–Kier alpha value is -3.60. The molecule has 0 radical (unpaired) electrons. The van der Waals surface area contributed by atoms with E-state index in [-0.39, 0.29) is 5.91 Å². The maximum absolute atomic E-state index is 12.6. The molecule has 28 heavy (non-hydrogen) atoms. The van der Waals surface area contributed by atoms with E-state index in [1.807, 2.05) is 60.7 Å². The van der Waals surface area contributed by atoms with E-state index in [2.05, 4.69) is 10.5 Å². The van der Waals surface area contributed by atoms with E-state index in [9.17, 15) is 4.79 Å². The van der Waals surface area contributed by atoms with Crippen LogP contribution in [0.2, 0.25) is 0 Å². The molecule has 142 valence electrons. The van der Waals surface area contributed by atoms with Crippen LogP contribution in [0.3, 0.4) is 0 Å². The molecule has 0 aliphatic rings. The highest BCUT2D eigenvalue weighted by Crippen LogP contribution is 2.27. The molecular formula is C23H22N2O3. The van der Waals surface area contributed by atoms with Gasteiger partial charge < -0.3 is 9.47 Å². The van der Waals surface area contributed by atoms with E-state index in [4.69, 9.17) is 9.47 Å². The molecule has 1 amide bonds. The van der Waals surface area contributed by atoms with E-state index in [1.165, 1.54) is 7.11 Å². The van der Waals surface area contributed by atoms with Crippen molar-refractivity contribution in [2.45, 2.75) is 6.42 Å². The van der Waals surface area contributed by atoms with Crippen LogP contribution in [0.4, 0.5) is 0 Å². The van der Waals surface area contributed by atoms with Crippen LogP contribution < -0.4 is 14.9 Å². The van der Waals surface area contributed by atoms with Gasteiger partial charge in [0, 0.05) is 12.0 Å². The molecule has 1 N–H and O–H groups in total. The van der Waals surface area contributed by atoms with E-state index in [0.29, 0.717) is 23.5 Å². The monoisotopic (exact) mass is 374 g/mol. The predicted octanol–water partition coefficient (Wildman–Crippen LogP) is 4.08. The number of hydrogen-bond acceptors (Lipinski definition) is 4. The molecule has 0 saturated carbocycles. The van der Waals surface area contributed by atoms with Crippen molar-refractivity contribution in [1.29, 1.82) is 0 Å². The largest absolute Gasteiger partial charge is 0.493 e. The predicted molar refractivity (Wildman–Crippen MR) is 110 cm³/mol. The summed E-state index contributed by atoms with van der Waals surface area (Å²) in [4.78, 5) is 12.6. The second-order valence-electron chi connectivity index (χ2n) is 6.10. The zero-order chi connectivity index (χ0) is 19.8. The van der Waals surface area contributed by atoms with Crippen molar-refractivity contribution >= 4 is 11.6 Å². The van der Waals surface area contributed by atoms with Gasteiger partial charge in [0.2, 0.25) is 0 Å². The summed E-state index contributed by atoms with van der Waals surface area (Å²) in [6.45, 7) is 0. The molecule has 0 aliphatic heterocycles. The number of amides is 1. The summed E-state index contributed by atoms with van der Waals surface area (Å²) in [5, 5.41) is 4.41. The van der Waals surface area contributed by atoms with E-state index >= 15 is 0 Å². The van der Waals surface area contributed by atoms with Gasteiger partial charge in [-0.3, -0.25) is 4.79 Å². The highest BCUT2D eigenvalue weighted by molar-refractivity contribution is 6.03. The number of nitrogens with zero attached hydrogens (tertiary/aromatic N) is 1. The molecule has 0 heterocycles. The van der Waals surface area contributed by atoms with E-state index in [0.717, 1.165) is 16.8 Å². The van der Waals surface area contributed by atoms with Gasteiger partial charge in [-0.05, 0) is 29.3 Å². The Morgan fingerprint density at radius 3 is 2.11 bits per heavy atom. The Labute approximate surface area is 164 Å². The molecule has 5 nitrogen and oxygen atoms in total. The van der Waals surface area contributed by atoms with Gasteiger partial charge >= 0.3 is 0 Å². The third kappa shape index (κ3) is 4.76. The van der Waals surface area contributed by atoms with Gasteiger partial charge in [0.05, 0.1) is 19.9 Å². The van der Waals surface area contributed by atoms with Crippen LogP contribution in [0.5, 0.6) is 11.5 Å². The number of carbonyl (C=O) groups excluding carboxylic acids is 1. The molecule has 0 aliphatic carbocycles. The number of rotatable bonds is 7. The summed E-state index contributed by atoms with van der Waals surface area (Å²) in [6.07, 6.45) is 0.608. The summed E-state index contributed by atoms with van der Waals surface area (Å²) >= 11 is 0. The molecule has 3 rings (SSSR count). The molecule has 0 fully saturated rings. The van der Waals surface area contributed by atoms with Gasteiger partial charge in [-0.2, -0.15) is 5.10 Å². The average molecular weight is 374 g/mol. The number of hydrazone groups is 1. The van der Waals surface area contributed by atoms with Gasteiger partial charge in [-0.15, -0.1) is 0 Å². The second kappa shape index (κ2) is 9.37. The SMILES string of the molecule is COc1ccc(C(=O)N/N=C(/Cc2ccccc2)c2ccccc2)cc1OC. The number of methoxy groups -OCH3 is 2. The lowest BCUT2D eigenvalue weighted by atomic mass is 10.0. The quantitative estimate of drug-likeness (QED) is 0.501. The Morgan fingerprint density at radius 2 is 1.46 bits per heavy atom. The Kier molecular flexibility index (Phi) is 6.41. The normalized spacial score (nSPS) is 11.0. The van der Waals surface area contributed by atoms with Crippen LogP contribution in [0, 0.1) is 0 Å². The molecular weight excluding hydrogens is 352 g/mol. The fourth-order valence-corrected chi connectivity index (χ4v) is 2.79. The third-order valence-corrected chi connectivity index (χ3v) is 4.26. The minimum atomic E-state index is -0.317. The van der Waals surface area contributed by atoms with Crippen molar-refractivity contribution in [3.8, 4) is 11.5 Å². The fraction of sp³-hybridized carbons (Fsp3) is 0.130. The molecule has 5 heteroatoms. The number of benzene rings is 3. The Bertz CT molecular complexity index is 954. The molecule has 0 unspecified atom stereocenters. The summed E-state index contributed by atoms with van der Waals surface area (Å²) in [5.74, 6) is 0.741. The van der Waals surface area contributed by atoms with E-state index in [1.54, 1.807) is 25.3 Å². The van der Waals surface area contributed by atoms with Crippen LogP contribution in [0.15, 0.2) is 84.0 Å². The van der Waals surface area contributed by atoms with Crippen molar-refractivity contribution in [1.82, 2.24) is 5.43 Å². The molecule has 0 aromatic heterocycles. The first-order valence-electron chi connectivity index (χ1n) is 8.89. The molecule has 0 bridgehead atoms. The number of hydrogen-bond donors (Lipinski definition) is 1. The zero-order valence-corrected chi connectivity index (χ0v) is 15.9. The van der Waals surface area contributed by atoms with Crippen LogP contribution in [-0.4, -0.2) is 25.8 Å². The van der Waals surface area contributed by atoms with Crippen molar-refractivity contribution in [2.24, 2.45) is 5.10 Å². The van der Waals surface area contributed by atoms with Gasteiger partial charge in [-0.25, -0.2) is 5.43 Å². The van der Waals surface area contributed by atoms with Crippen LogP contribution in [-0.2, 0) is 6.42 Å². The molecule has 0 saturated heterocycles. The standard InChI is InChI=1S/C23H22N2O3/c1-27-21-14-13-19(16-22(21)28-2)23(26)25-24-20(18-11-7-4-8-12-18)15-17-9-5-3-6-10-17/h3-14,16H,15H2,1-2H3,(H,25,26)/b24-20-. The van der Waals surface area contributed by atoms with Crippen LogP contribution in [0.1, 0.15) is 21.5 Å². The Balaban J connectivity index is 1.83. The lowest BCUT2D eigenvalue weighted by molar-refractivity contribution is 0.0954. The number of ether oxygens (including phenoxy) is 2. The molecule has 0 atom stereocenters. The highest BCUT2D eigenvalue weighted by Gasteiger charge is 2.11.